The van der Waals surface area contributed by atoms with Crippen molar-refractivity contribution >= 4 is 34.2 Å². The van der Waals surface area contributed by atoms with Crippen molar-refractivity contribution < 1.29 is 9.90 Å². The van der Waals surface area contributed by atoms with Crippen molar-refractivity contribution in [2.75, 3.05) is 0 Å². The number of nitrogens with zero attached hydrogens (tertiary/aromatic N) is 1. The normalized spacial score (nSPS) is 12.8. The number of aromatic nitrogens is 2. The number of H-pyrrole nitrogens is 1. The molecule has 0 atom stereocenters. The number of unbranched alkanes of at least 4 members (excludes halogenated alkanes) is 4. The summed E-state index contributed by atoms with van der Waals surface area (Å²) in [6.07, 6.45) is 14.0. The van der Waals surface area contributed by atoms with E-state index in [0.717, 1.165) is 34.5 Å². The highest BCUT2D eigenvalue weighted by atomic mass is 16.3. The maximum Gasteiger partial charge on any atom is 0.253 e. The monoisotopic (exact) mass is 509 g/mol. The number of rotatable bonds is 8. The lowest BCUT2D eigenvalue weighted by Gasteiger charge is -2.02. The summed E-state index contributed by atoms with van der Waals surface area (Å²) in [5.74, 6) is -0.304. The van der Waals surface area contributed by atoms with E-state index >= 15 is 0 Å². The molecule has 1 amide bonds. The van der Waals surface area contributed by atoms with Crippen LogP contribution < -0.4 is 16.3 Å². The third kappa shape index (κ3) is 8.02. The van der Waals surface area contributed by atoms with E-state index in [2.05, 4.69) is 59.5 Å². The van der Waals surface area contributed by atoms with Gasteiger partial charge in [-0.2, -0.15) is 0 Å². The summed E-state index contributed by atoms with van der Waals surface area (Å²) in [6, 6.07) is 3.54. The molecule has 0 saturated heterocycles. The number of phenols is 1. The van der Waals surface area contributed by atoms with Crippen molar-refractivity contribution in [1.29, 1.82) is 0 Å². The first-order valence-electron chi connectivity index (χ1n) is 14.1. The molecular formula is C32H51N3O2. The third-order valence-electron chi connectivity index (χ3n) is 6.88. The zero-order valence-corrected chi connectivity index (χ0v) is 24.8. The van der Waals surface area contributed by atoms with Gasteiger partial charge in [0.1, 0.15) is 16.9 Å². The van der Waals surface area contributed by atoms with Gasteiger partial charge in [-0.3, -0.25) is 9.20 Å². The fourth-order valence-electron chi connectivity index (χ4n) is 4.27. The van der Waals surface area contributed by atoms with Gasteiger partial charge in [-0.25, -0.2) is 0 Å². The molecule has 37 heavy (non-hydrogen) atoms. The number of benzene rings is 1. The molecule has 0 aliphatic carbocycles. The van der Waals surface area contributed by atoms with Crippen molar-refractivity contribution in [1.82, 2.24) is 9.38 Å². The molecule has 206 valence electrons. The second-order valence-electron chi connectivity index (χ2n) is 9.73. The van der Waals surface area contributed by atoms with Gasteiger partial charge in [0.15, 0.2) is 0 Å². The van der Waals surface area contributed by atoms with Crippen molar-refractivity contribution in [3.63, 3.8) is 0 Å². The largest absolute Gasteiger partial charge is 0.506 e. The Hall–Kier alpha value is -2.95. The van der Waals surface area contributed by atoms with Crippen LogP contribution in [0.3, 0.4) is 0 Å². The summed E-state index contributed by atoms with van der Waals surface area (Å²) in [6.45, 7) is 19.0. The molecule has 5 heteroatoms. The molecule has 2 heterocycles. The van der Waals surface area contributed by atoms with Crippen LogP contribution in [0.15, 0.2) is 23.8 Å². The summed E-state index contributed by atoms with van der Waals surface area (Å²) < 4.78 is 2.03. The summed E-state index contributed by atoms with van der Waals surface area (Å²) in [7, 11) is 0. The Bertz CT molecular complexity index is 1300. The highest BCUT2D eigenvalue weighted by molar-refractivity contribution is 6.02. The first-order chi connectivity index (χ1) is 17.6. The maximum atomic E-state index is 12.2. The molecule has 3 aromatic rings. The topological polar surface area (TPSA) is 83.5 Å². The Morgan fingerprint density at radius 2 is 1.65 bits per heavy atom. The molecule has 5 nitrogen and oxygen atoms in total. The van der Waals surface area contributed by atoms with Crippen LogP contribution in [0.25, 0.3) is 28.3 Å². The van der Waals surface area contributed by atoms with Gasteiger partial charge in [-0.15, -0.1) is 0 Å². The number of allylic oxidation sites excluding steroid dienone is 2. The number of primary amides is 1. The second-order valence-corrected chi connectivity index (χ2v) is 9.73. The van der Waals surface area contributed by atoms with Gasteiger partial charge < -0.3 is 15.8 Å². The van der Waals surface area contributed by atoms with E-state index in [4.69, 9.17) is 5.73 Å². The molecule has 0 aliphatic heterocycles. The van der Waals surface area contributed by atoms with Crippen LogP contribution in [0.2, 0.25) is 0 Å². The van der Waals surface area contributed by atoms with Crippen molar-refractivity contribution in [3.05, 3.63) is 45.5 Å². The quantitative estimate of drug-likeness (QED) is 0.215. The Kier molecular flexibility index (Phi) is 13.9. The average Bonchev–Trinajstić information content (AvgIpc) is 3.41. The number of imidazole rings is 1. The average molecular weight is 510 g/mol. The lowest BCUT2D eigenvalue weighted by Crippen LogP contribution is -2.32. The summed E-state index contributed by atoms with van der Waals surface area (Å²) >= 11 is 0. The summed E-state index contributed by atoms with van der Waals surface area (Å²) in [5, 5.41) is 12.1. The standard InChI is InChI=1S/C19H23N3O2.C7H16.C6H12/c1-5-7-12-14(18(20)24)19-21-15-13(23)9-8-11(4)17(15)22(19)16(12)10(3)6-2;1-3-5-7-6-4-2;1-4-6(3)5-2/h7-9,21,23H,5-6H2,1-4H3,(H2,20,24);3-7H2,1-2H3;4H,5H2,1-3H3/b12-7+,16-10?;;6-4+. The molecule has 0 fully saturated rings. The second kappa shape index (κ2) is 16.0. The minimum atomic E-state index is -0.467. The van der Waals surface area contributed by atoms with Crippen LogP contribution >= 0.6 is 0 Å². The number of fused-ring (bicyclic) bond motifs is 3. The molecule has 0 spiro atoms. The molecule has 0 radical (unpaired) electrons. The molecule has 0 bridgehead atoms. The molecule has 0 saturated carbocycles. The van der Waals surface area contributed by atoms with E-state index in [1.807, 2.05) is 30.4 Å². The number of aromatic amines is 1. The first kappa shape index (κ1) is 32.1. The molecule has 1 aromatic carbocycles. The Morgan fingerprint density at radius 3 is 2.08 bits per heavy atom. The van der Waals surface area contributed by atoms with Crippen LogP contribution in [0.1, 0.15) is 123 Å². The maximum absolute atomic E-state index is 12.2. The smallest absolute Gasteiger partial charge is 0.253 e. The van der Waals surface area contributed by atoms with Gasteiger partial charge in [0.05, 0.1) is 16.4 Å². The van der Waals surface area contributed by atoms with E-state index in [1.165, 1.54) is 49.7 Å². The van der Waals surface area contributed by atoms with Gasteiger partial charge in [0.2, 0.25) is 0 Å². The first-order valence-corrected chi connectivity index (χ1v) is 14.1. The minimum absolute atomic E-state index is 0.163. The Morgan fingerprint density at radius 1 is 1.03 bits per heavy atom. The zero-order valence-electron chi connectivity index (χ0n) is 24.8. The van der Waals surface area contributed by atoms with E-state index in [0.29, 0.717) is 16.7 Å². The van der Waals surface area contributed by atoms with Gasteiger partial charge in [0.25, 0.3) is 5.91 Å². The molecule has 0 unspecified atom stereocenters. The lowest BCUT2D eigenvalue weighted by atomic mass is 10.1. The minimum Gasteiger partial charge on any atom is -0.506 e. The van der Waals surface area contributed by atoms with Gasteiger partial charge in [-0.05, 0) is 64.2 Å². The van der Waals surface area contributed by atoms with E-state index < -0.39 is 5.91 Å². The molecule has 3 rings (SSSR count). The summed E-state index contributed by atoms with van der Waals surface area (Å²) in [4.78, 5) is 15.4. The molecule has 2 aromatic heterocycles. The van der Waals surface area contributed by atoms with Crippen LogP contribution in [0.4, 0.5) is 0 Å². The molecular weight excluding hydrogens is 458 g/mol. The number of hydrogen-bond acceptors (Lipinski definition) is 2. The highest BCUT2D eigenvalue weighted by Gasteiger charge is 2.20. The van der Waals surface area contributed by atoms with Crippen LogP contribution in [-0.4, -0.2) is 20.4 Å². The van der Waals surface area contributed by atoms with E-state index in [1.54, 1.807) is 6.07 Å². The van der Waals surface area contributed by atoms with Crippen LogP contribution in [-0.2, 0) is 0 Å². The van der Waals surface area contributed by atoms with E-state index in [-0.39, 0.29) is 5.75 Å². The van der Waals surface area contributed by atoms with Crippen molar-refractivity contribution in [2.45, 2.75) is 114 Å². The van der Waals surface area contributed by atoms with E-state index in [9.17, 15) is 9.90 Å². The predicted molar refractivity (Wildman–Crippen MR) is 162 cm³/mol. The van der Waals surface area contributed by atoms with Gasteiger partial charge in [0, 0.05) is 5.22 Å². The SMILES string of the molecule is C/C=C(\C)CC.CC/C=c1\c(C(N)=O)c2[nH]c3c(O)ccc(C)c3n2c1=C(C)CC.CCCCCCC. The number of nitrogens with two attached hydrogens (primary N) is 1. The van der Waals surface area contributed by atoms with Crippen LogP contribution in [0, 0.1) is 6.92 Å². The number of carbonyl (C=O) groups is 1. The molecule has 0 aliphatic rings. The van der Waals surface area contributed by atoms with Crippen molar-refractivity contribution in [3.8, 4) is 5.75 Å². The lowest BCUT2D eigenvalue weighted by molar-refractivity contribution is 0.100. The number of phenolic OH excluding ortho intramolecular Hbond substituents is 1. The zero-order chi connectivity index (χ0) is 28.1. The summed E-state index contributed by atoms with van der Waals surface area (Å²) in [5.41, 5.74) is 12.0. The number of carbonyl (C=O) groups excluding carboxylic acids is 1. The molecule has 4 N–H and O–H groups in total. The fraction of sp³-hybridized carbons (Fsp3) is 0.531. The number of aryl methyl sites for hydroxylation is 1. The van der Waals surface area contributed by atoms with Crippen LogP contribution in [0.5, 0.6) is 5.75 Å². The Labute approximate surface area is 224 Å². The number of nitrogens with one attached hydrogen (secondary N) is 1. The Balaban J connectivity index is 0.000000437. The predicted octanol–water partition coefficient (Wildman–Crippen LogP) is 7.64. The number of hydrogen-bond donors (Lipinski definition) is 3. The van der Waals surface area contributed by atoms with Gasteiger partial charge in [-0.1, -0.05) is 90.5 Å². The van der Waals surface area contributed by atoms with Gasteiger partial charge >= 0.3 is 0 Å². The number of aromatic hydroxyl groups is 1. The highest BCUT2D eigenvalue weighted by Crippen LogP contribution is 2.28. The number of amides is 1. The third-order valence-corrected chi connectivity index (χ3v) is 6.88. The fourth-order valence-corrected chi connectivity index (χ4v) is 4.27. The van der Waals surface area contributed by atoms with Crippen molar-refractivity contribution in [2.24, 2.45) is 5.73 Å².